The first-order valence-electron chi connectivity index (χ1n) is 17.6. The fraction of sp³-hybridized carbons (Fsp3) is 0.0208. The topological polar surface area (TPSA) is 43.6 Å². The molecule has 0 unspecified atom stereocenters. The van der Waals surface area contributed by atoms with E-state index in [0.29, 0.717) is 5.82 Å². The second-order valence-electron chi connectivity index (χ2n) is 13.2. The van der Waals surface area contributed by atoms with Crippen LogP contribution in [0.4, 0.5) is 0 Å². The average molecular weight is 665 g/mol. The number of imidazole rings is 1. The van der Waals surface area contributed by atoms with Gasteiger partial charge in [-0.05, 0) is 63.7 Å². The van der Waals surface area contributed by atoms with E-state index in [1.807, 2.05) is 30.3 Å². The van der Waals surface area contributed by atoms with Crippen molar-refractivity contribution in [2.24, 2.45) is 0 Å². The number of hydrogen-bond acceptors (Lipinski definition) is 3. The normalized spacial score (nSPS) is 12.8. The molecule has 4 heteroatoms. The van der Waals surface area contributed by atoms with Gasteiger partial charge in [0.25, 0.3) is 0 Å². The molecule has 0 N–H and O–H groups in total. The van der Waals surface area contributed by atoms with Crippen molar-refractivity contribution in [3.8, 4) is 51.0 Å². The van der Waals surface area contributed by atoms with Gasteiger partial charge in [-0.25, -0.2) is 15.0 Å². The van der Waals surface area contributed by atoms with Crippen LogP contribution in [0.1, 0.15) is 22.3 Å². The predicted molar refractivity (Wildman–Crippen MR) is 210 cm³/mol. The number of fused-ring (bicyclic) bond motifs is 4. The first-order chi connectivity index (χ1) is 25.8. The SMILES string of the molecule is c1ccc(-c2cc(-c3nc4ccccc4n3-c3ccccc3)nc(-c3ccc(C4(c5ccccc5)c5ccccc5-c5ccccc54)cc3)n2)cc1. The molecule has 1 aliphatic carbocycles. The van der Waals surface area contributed by atoms with E-state index in [4.69, 9.17) is 15.0 Å². The second-order valence-corrected chi connectivity index (χ2v) is 13.2. The zero-order valence-electron chi connectivity index (χ0n) is 28.3. The van der Waals surface area contributed by atoms with Crippen LogP contribution in [0.25, 0.3) is 62.0 Å². The first-order valence-corrected chi connectivity index (χ1v) is 17.6. The lowest BCUT2D eigenvalue weighted by atomic mass is 9.67. The molecule has 4 nitrogen and oxygen atoms in total. The summed E-state index contributed by atoms with van der Waals surface area (Å²) in [5, 5.41) is 0. The van der Waals surface area contributed by atoms with Gasteiger partial charge in [-0.15, -0.1) is 0 Å². The van der Waals surface area contributed by atoms with E-state index in [0.717, 1.165) is 45.1 Å². The monoisotopic (exact) mass is 664 g/mol. The van der Waals surface area contributed by atoms with Crippen molar-refractivity contribution in [2.45, 2.75) is 5.41 Å². The van der Waals surface area contributed by atoms with Gasteiger partial charge in [0.05, 0.1) is 22.1 Å². The minimum atomic E-state index is -0.467. The molecule has 1 aliphatic rings. The summed E-state index contributed by atoms with van der Waals surface area (Å²) in [4.78, 5) is 15.6. The molecule has 0 spiro atoms. The Morgan fingerprint density at radius 3 is 1.63 bits per heavy atom. The van der Waals surface area contributed by atoms with Gasteiger partial charge in [0, 0.05) is 16.8 Å². The molecule has 7 aromatic carbocycles. The summed E-state index contributed by atoms with van der Waals surface area (Å²) in [6.07, 6.45) is 0. The fourth-order valence-electron chi connectivity index (χ4n) is 8.07. The summed E-state index contributed by atoms with van der Waals surface area (Å²) in [5.74, 6) is 1.42. The zero-order valence-corrected chi connectivity index (χ0v) is 28.3. The largest absolute Gasteiger partial charge is 0.291 e. The Bertz CT molecular complexity index is 2670. The Morgan fingerprint density at radius 1 is 0.404 bits per heavy atom. The van der Waals surface area contributed by atoms with E-state index in [-0.39, 0.29) is 0 Å². The third-order valence-electron chi connectivity index (χ3n) is 10.3. The summed E-state index contributed by atoms with van der Waals surface area (Å²) < 4.78 is 2.19. The van der Waals surface area contributed by atoms with Gasteiger partial charge in [0.2, 0.25) is 0 Å². The van der Waals surface area contributed by atoms with Crippen molar-refractivity contribution >= 4 is 11.0 Å². The molecule has 0 radical (unpaired) electrons. The standard InChI is InChI=1S/C48H32N4/c1-4-16-33(17-5-1)43-32-44(47-51-42-26-14-15-27-45(42)52(47)37-20-8-3-9-21-37)50-46(49-43)34-28-30-36(31-29-34)48(35-18-6-2-7-19-35)40-24-12-10-22-38(40)39-23-11-13-25-41(39)48/h1-32H. The number of nitrogens with zero attached hydrogens (tertiary/aromatic N) is 4. The Kier molecular flexibility index (Phi) is 7.00. The molecular formula is C48H32N4. The number of benzene rings is 7. The van der Waals surface area contributed by atoms with Crippen LogP contribution in [-0.2, 0) is 5.41 Å². The quantitative estimate of drug-likeness (QED) is 0.178. The molecule has 0 aliphatic heterocycles. The Hall–Kier alpha value is -6.91. The predicted octanol–water partition coefficient (Wildman–Crippen LogP) is 11.2. The number of para-hydroxylation sites is 3. The van der Waals surface area contributed by atoms with Crippen molar-refractivity contribution in [2.75, 3.05) is 0 Å². The van der Waals surface area contributed by atoms with E-state index in [9.17, 15) is 0 Å². The Balaban J connectivity index is 1.17. The van der Waals surface area contributed by atoms with Gasteiger partial charge in [-0.2, -0.15) is 0 Å². The second kappa shape index (κ2) is 12.1. The summed E-state index contributed by atoms with van der Waals surface area (Å²) >= 11 is 0. The van der Waals surface area contributed by atoms with Gasteiger partial charge in [-0.3, -0.25) is 4.57 Å². The Morgan fingerprint density at radius 2 is 0.942 bits per heavy atom. The van der Waals surface area contributed by atoms with Crippen LogP contribution in [0.3, 0.4) is 0 Å². The van der Waals surface area contributed by atoms with Crippen LogP contribution in [0.15, 0.2) is 194 Å². The van der Waals surface area contributed by atoms with Crippen LogP contribution in [0, 0.1) is 0 Å². The number of hydrogen-bond donors (Lipinski definition) is 0. The highest BCUT2D eigenvalue weighted by Gasteiger charge is 2.45. The highest BCUT2D eigenvalue weighted by atomic mass is 15.1. The molecule has 2 heterocycles. The summed E-state index contributed by atoms with van der Waals surface area (Å²) in [6.45, 7) is 0. The average Bonchev–Trinajstić information content (AvgIpc) is 3.77. The van der Waals surface area contributed by atoms with E-state index < -0.39 is 5.41 Å². The van der Waals surface area contributed by atoms with Gasteiger partial charge < -0.3 is 0 Å². The molecule has 0 bridgehead atoms. The van der Waals surface area contributed by atoms with Crippen molar-refractivity contribution in [1.29, 1.82) is 0 Å². The highest BCUT2D eigenvalue weighted by molar-refractivity contribution is 5.87. The lowest BCUT2D eigenvalue weighted by molar-refractivity contribution is 0.768. The molecule has 0 amide bonds. The minimum absolute atomic E-state index is 0.467. The van der Waals surface area contributed by atoms with Crippen molar-refractivity contribution < 1.29 is 0 Å². The fourth-order valence-corrected chi connectivity index (χ4v) is 8.07. The lowest BCUT2D eigenvalue weighted by Gasteiger charge is -2.34. The summed E-state index contributed by atoms with van der Waals surface area (Å²) in [7, 11) is 0. The molecule has 0 saturated heterocycles. The van der Waals surface area contributed by atoms with E-state index in [1.165, 1.54) is 33.4 Å². The molecule has 244 valence electrons. The lowest BCUT2D eigenvalue weighted by Crippen LogP contribution is -2.28. The molecule has 9 aromatic rings. The summed E-state index contributed by atoms with van der Waals surface area (Å²) in [6, 6.07) is 68.4. The molecule has 0 saturated carbocycles. The van der Waals surface area contributed by atoms with E-state index in [1.54, 1.807) is 0 Å². The van der Waals surface area contributed by atoms with Crippen LogP contribution in [-0.4, -0.2) is 19.5 Å². The minimum Gasteiger partial charge on any atom is -0.291 e. The first kappa shape index (κ1) is 30.0. The van der Waals surface area contributed by atoms with Crippen molar-refractivity contribution in [3.05, 3.63) is 216 Å². The molecule has 10 rings (SSSR count). The zero-order chi connectivity index (χ0) is 34.5. The van der Waals surface area contributed by atoms with Crippen LogP contribution < -0.4 is 0 Å². The maximum atomic E-state index is 5.26. The molecular weight excluding hydrogens is 633 g/mol. The Labute approximate surface area is 302 Å². The molecule has 0 fully saturated rings. The van der Waals surface area contributed by atoms with Gasteiger partial charge in [0.1, 0.15) is 5.69 Å². The van der Waals surface area contributed by atoms with E-state index in [2.05, 4.69) is 168 Å². The molecule has 2 aromatic heterocycles. The maximum absolute atomic E-state index is 5.26. The van der Waals surface area contributed by atoms with Crippen LogP contribution in [0.2, 0.25) is 0 Å². The van der Waals surface area contributed by atoms with Gasteiger partial charge in [0.15, 0.2) is 11.6 Å². The number of rotatable bonds is 6. The molecule has 0 atom stereocenters. The van der Waals surface area contributed by atoms with E-state index >= 15 is 0 Å². The summed E-state index contributed by atoms with van der Waals surface area (Å²) in [5.41, 5.74) is 13.6. The van der Waals surface area contributed by atoms with Crippen molar-refractivity contribution in [3.63, 3.8) is 0 Å². The van der Waals surface area contributed by atoms with Crippen LogP contribution >= 0.6 is 0 Å². The smallest absolute Gasteiger partial charge is 0.164 e. The third kappa shape index (κ3) is 4.65. The highest BCUT2D eigenvalue weighted by Crippen LogP contribution is 2.56. The van der Waals surface area contributed by atoms with Crippen LogP contribution in [0.5, 0.6) is 0 Å². The van der Waals surface area contributed by atoms with Gasteiger partial charge in [-0.1, -0.05) is 164 Å². The maximum Gasteiger partial charge on any atom is 0.164 e. The van der Waals surface area contributed by atoms with Crippen molar-refractivity contribution in [1.82, 2.24) is 19.5 Å². The molecule has 52 heavy (non-hydrogen) atoms. The third-order valence-corrected chi connectivity index (χ3v) is 10.3. The number of aromatic nitrogens is 4. The van der Waals surface area contributed by atoms with Gasteiger partial charge >= 0.3 is 0 Å².